The Bertz CT molecular complexity index is 91.3. The quantitative estimate of drug-likeness (QED) is 0.424. The van der Waals surface area contributed by atoms with Crippen LogP contribution in [0.2, 0.25) is 0 Å². The molecule has 48 valence electrons. The highest BCUT2D eigenvalue weighted by Gasteiger charge is 2.09. The molecular weight excluding hydrogens is 106 g/mol. The predicted octanol–water partition coefficient (Wildman–Crippen LogP) is -1.68. The van der Waals surface area contributed by atoms with Crippen LogP contribution in [0, 0.1) is 0 Å². The number of likely N-dealkylation sites (N-methyl/N-ethyl adjacent to an activating group) is 1. The molecule has 0 saturated carbocycles. The van der Waals surface area contributed by atoms with Gasteiger partial charge in [0.1, 0.15) is 6.17 Å². The van der Waals surface area contributed by atoms with E-state index in [0.717, 1.165) is 0 Å². The molecule has 1 amide bonds. The van der Waals surface area contributed by atoms with Crippen molar-refractivity contribution in [2.45, 2.75) is 6.17 Å². The van der Waals surface area contributed by atoms with Crippen molar-refractivity contribution in [1.82, 2.24) is 4.90 Å². The molecule has 0 aliphatic carbocycles. The smallest absolute Gasteiger partial charge is 0.249 e. The van der Waals surface area contributed by atoms with Crippen molar-refractivity contribution in [3.8, 4) is 0 Å². The molecule has 0 saturated heterocycles. The maximum Gasteiger partial charge on any atom is 0.249 e. The minimum absolute atomic E-state index is 0.505. The van der Waals surface area contributed by atoms with E-state index in [0.29, 0.717) is 0 Å². The van der Waals surface area contributed by atoms with Gasteiger partial charge in [0, 0.05) is 0 Å². The lowest BCUT2D eigenvalue weighted by molar-refractivity contribution is -0.122. The Hall–Kier alpha value is -0.610. The molecule has 0 rings (SSSR count). The largest absolute Gasteiger partial charge is 0.367 e. The van der Waals surface area contributed by atoms with Gasteiger partial charge in [-0.2, -0.15) is 0 Å². The van der Waals surface area contributed by atoms with E-state index in [4.69, 9.17) is 11.5 Å². The zero-order chi connectivity index (χ0) is 6.73. The van der Waals surface area contributed by atoms with Gasteiger partial charge < -0.3 is 11.5 Å². The molecular formula is C4H11N3O. The van der Waals surface area contributed by atoms with Crippen LogP contribution >= 0.6 is 0 Å². The van der Waals surface area contributed by atoms with Gasteiger partial charge in [-0.15, -0.1) is 0 Å². The van der Waals surface area contributed by atoms with E-state index in [1.165, 1.54) is 0 Å². The van der Waals surface area contributed by atoms with Gasteiger partial charge in [0.15, 0.2) is 0 Å². The molecule has 8 heavy (non-hydrogen) atoms. The maximum absolute atomic E-state index is 10.2. The number of amides is 1. The highest BCUT2D eigenvalue weighted by atomic mass is 16.1. The molecule has 0 aliphatic rings. The lowest BCUT2D eigenvalue weighted by Crippen LogP contribution is -2.47. The summed E-state index contributed by atoms with van der Waals surface area (Å²) in [6, 6.07) is 0. The minimum Gasteiger partial charge on any atom is -0.367 e. The number of nitrogens with two attached hydrogens (primary N) is 2. The second kappa shape index (κ2) is 2.64. The van der Waals surface area contributed by atoms with Crippen molar-refractivity contribution in [3.63, 3.8) is 0 Å². The summed E-state index contributed by atoms with van der Waals surface area (Å²) in [5.41, 5.74) is 10.0. The van der Waals surface area contributed by atoms with Gasteiger partial charge in [-0.05, 0) is 14.1 Å². The summed E-state index contributed by atoms with van der Waals surface area (Å²) in [7, 11) is 3.38. The normalized spacial score (nSPS) is 14.0. The van der Waals surface area contributed by atoms with Crippen molar-refractivity contribution in [2.24, 2.45) is 11.5 Å². The average Bonchev–Trinajstić information content (AvgIpc) is 1.64. The third-order valence-corrected chi connectivity index (χ3v) is 0.848. The lowest BCUT2D eigenvalue weighted by atomic mass is 10.5. The summed E-state index contributed by atoms with van der Waals surface area (Å²) in [5, 5.41) is 0. The first-order valence-electron chi connectivity index (χ1n) is 2.27. The molecule has 1 atom stereocenters. The van der Waals surface area contributed by atoms with Crippen LogP contribution in [0.15, 0.2) is 0 Å². The van der Waals surface area contributed by atoms with Crippen LogP contribution < -0.4 is 11.5 Å². The Morgan fingerprint density at radius 2 is 2.00 bits per heavy atom. The van der Waals surface area contributed by atoms with E-state index in [-0.39, 0.29) is 0 Å². The molecule has 0 aromatic rings. The Kier molecular flexibility index (Phi) is 2.44. The second-order valence-electron chi connectivity index (χ2n) is 1.81. The fraction of sp³-hybridized carbons (Fsp3) is 0.750. The van der Waals surface area contributed by atoms with Crippen molar-refractivity contribution < 1.29 is 4.79 Å². The van der Waals surface area contributed by atoms with E-state index in [9.17, 15) is 4.79 Å². The van der Waals surface area contributed by atoms with Crippen LogP contribution in [0.1, 0.15) is 0 Å². The van der Waals surface area contributed by atoms with Crippen LogP contribution in [0.5, 0.6) is 0 Å². The monoisotopic (exact) mass is 117 g/mol. The molecule has 0 radical (unpaired) electrons. The maximum atomic E-state index is 10.2. The fourth-order valence-electron chi connectivity index (χ4n) is 0.254. The Labute approximate surface area is 48.4 Å². The summed E-state index contributed by atoms with van der Waals surface area (Å²) < 4.78 is 0. The first-order chi connectivity index (χ1) is 3.55. The van der Waals surface area contributed by atoms with Gasteiger partial charge in [-0.3, -0.25) is 9.69 Å². The third kappa shape index (κ3) is 1.90. The molecule has 0 spiro atoms. The van der Waals surface area contributed by atoms with Crippen LogP contribution in [0.4, 0.5) is 0 Å². The van der Waals surface area contributed by atoms with Crippen LogP contribution in [0.25, 0.3) is 0 Å². The third-order valence-electron chi connectivity index (χ3n) is 0.848. The zero-order valence-corrected chi connectivity index (χ0v) is 5.09. The van der Waals surface area contributed by atoms with Gasteiger partial charge in [0.05, 0.1) is 0 Å². The molecule has 0 aromatic heterocycles. The first-order valence-corrected chi connectivity index (χ1v) is 2.27. The molecule has 4 nitrogen and oxygen atoms in total. The van der Waals surface area contributed by atoms with E-state index < -0.39 is 12.1 Å². The van der Waals surface area contributed by atoms with Gasteiger partial charge in [-0.1, -0.05) is 0 Å². The topological polar surface area (TPSA) is 72.3 Å². The van der Waals surface area contributed by atoms with Crippen LogP contribution in [-0.4, -0.2) is 31.1 Å². The highest BCUT2D eigenvalue weighted by Crippen LogP contribution is 1.78. The number of hydrogen-bond donors (Lipinski definition) is 2. The van der Waals surface area contributed by atoms with Crippen molar-refractivity contribution >= 4 is 5.91 Å². The van der Waals surface area contributed by atoms with Gasteiger partial charge in [-0.25, -0.2) is 0 Å². The fourth-order valence-corrected chi connectivity index (χ4v) is 0.254. The van der Waals surface area contributed by atoms with Crippen molar-refractivity contribution in [2.75, 3.05) is 14.1 Å². The molecule has 0 aromatic carbocycles. The van der Waals surface area contributed by atoms with Gasteiger partial charge in [0.25, 0.3) is 0 Å². The molecule has 0 bridgehead atoms. The van der Waals surface area contributed by atoms with E-state index in [1.54, 1.807) is 19.0 Å². The molecule has 0 heterocycles. The van der Waals surface area contributed by atoms with Crippen molar-refractivity contribution in [3.05, 3.63) is 0 Å². The number of carbonyl (C=O) groups excluding carboxylic acids is 1. The Morgan fingerprint density at radius 1 is 1.62 bits per heavy atom. The Balaban J connectivity index is 3.64. The molecule has 0 fully saturated rings. The summed E-state index contributed by atoms with van der Waals surface area (Å²) in [6.45, 7) is 0. The number of nitrogens with zero attached hydrogens (tertiary/aromatic N) is 1. The molecule has 1 unspecified atom stereocenters. The number of carbonyl (C=O) groups is 1. The van der Waals surface area contributed by atoms with Gasteiger partial charge in [0.2, 0.25) is 5.91 Å². The minimum atomic E-state index is -0.657. The summed E-state index contributed by atoms with van der Waals surface area (Å²) in [6.07, 6.45) is -0.657. The average molecular weight is 117 g/mol. The first kappa shape index (κ1) is 7.39. The standard InChI is InChI=1S/C4H11N3O/c1-7(2)3(5)4(6)8/h3H,5H2,1-2H3,(H2,6,8). The number of rotatable bonds is 2. The number of primary amides is 1. The predicted molar refractivity (Wildman–Crippen MR) is 30.9 cm³/mol. The Morgan fingerprint density at radius 3 is 2.00 bits per heavy atom. The molecule has 4 heteroatoms. The molecule has 0 aliphatic heterocycles. The van der Waals surface area contributed by atoms with Gasteiger partial charge >= 0.3 is 0 Å². The van der Waals surface area contributed by atoms with E-state index in [2.05, 4.69) is 0 Å². The highest BCUT2D eigenvalue weighted by molar-refractivity contribution is 5.78. The van der Waals surface area contributed by atoms with E-state index in [1.807, 2.05) is 0 Å². The summed E-state index contributed by atoms with van der Waals surface area (Å²) >= 11 is 0. The SMILES string of the molecule is CN(C)C(N)C(N)=O. The zero-order valence-electron chi connectivity index (χ0n) is 5.09. The summed E-state index contributed by atoms with van der Waals surface area (Å²) in [4.78, 5) is 11.7. The van der Waals surface area contributed by atoms with Crippen molar-refractivity contribution in [1.29, 1.82) is 0 Å². The van der Waals surface area contributed by atoms with Crippen LogP contribution in [0.3, 0.4) is 0 Å². The number of hydrogen-bond acceptors (Lipinski definition) is 3. The van der Waals surface area contributed by atoms with E-state index >= 15 is 0 Å². The summed E-state index contributed by atoms with van der Waals surface area (Å²) in [5.74, 6) is -0.505. The second-order valence-corrected chi connectivity index (χ2v) is 1.81. The van der Waals surface area contributed by atoms with Crippen LogP contribution in [-0.2, 0) is 4.79 Å². The molecule has 4 N–H and O–H groups in total. The lowest BCUT2D eigenvalue weighted by Gasteiger charge is -2.14.